The summed E-state index contributed by atoms with van der Waals surface area (Å²) in [7, 11) is 0. The highest BCUT2D eigenvalue weighted by molar-refractivity contribution is 8.00. The van der Waals surface area contributed by atoms with E-state index >= 15 is 0 Å². The number of H-pyrrole nitrogens is 1. The molecule has 3 rings (SSSR count). The third kappa shape index (κ3) is 2.69. The Labute approximate surface area is 125 Å². The summed E-state index contributed by atoms with van der Waals surface area (Å²) in [6, 6.07) is 5.95. The van der Waals surface area contributed by atoms with E-state index in [0.717, 1.165) is 33.9 Å². The van der Waals surface area contributed by atoms with Gasteiger partial charge in [-0.3, -0.25) is 10.2 Å². The summed E-state index contributed by atoms with van der Waals surface area (Å²) in [6.07, 6.45) is 0. The van der Waals surface area contributed by atoms with E-state index in [2.05, 4.69) is 22.4 Å². The standard InChI is InChI=1S/C14H15N3O3S/c1-7-8(2)15-11-4-3-9(5-10(7)11)13-16-17-14(20-13)21-6-12(18)19/h3-5,14-15,17H,6H2,1-2H3,(H,18,19). The minimum absolute atomic E-state index is 0.0321. The van der Waals surface area contributed by atoms with Crippen molar-refractivity contribution in [1.29, 1.82) is 0 Å². The van der Waals surface area contributed by atoms with Crippen molar-refractivity contribution in [2.24, 2.45) is 5.10 Å². The van der Waals surface area contributed by atoms with Crippen LogP contribution < -0.4 is 5.43 Å². The number of ether oxygens (including phenoxy) is 1. The molecule has 1 aromatic carbocycles. The highest BCUT2D eigenvalue weighted by Crippen LogP contribution is 2.24. The van der Waals surface area contributed by atoms with Gasteiger partial charge in [-0.15, -0.1) is 5.10 Å². The number of carboxylic acid groups (broad SMARTS) is 1. The maximum absolute atomic E-state index is 10.5. The number of hydrogen-bond donors (Lipinski definition) is 3. The van der Waals surface area contributed by atoms with Gasteiger partial charge in [0.15, 0.2) is 0 Å². The number of hydrazone groups is 1. The molecule has 0 amide bonds. The SMILES string of the molecule is Cc1[nH]c2ccc(C3=NNC(SCC(=O)O)O3)cc2c1C. The zero-order chi connectivity index (χ0) is 15.0. The van der Waals surface area contributed by atoms with Gasteiger partial charge in [-0.05, 0) is 37.6 Å². The van der Waals surface area contributed by atoms with Crippen LogP contribution in [0.3, 0.4) is 0 Å². The van der Waals surface area contributed by atoms with Crippen molar-refractivity contribution in [2.45, 2.75) is 19.4 Å². The maximum Gasteiger partial charge on any atom is 0.313 e. The van der Waals surface area contributed by atoms with Crippen molar-refractivity contribution in [3.63, 3.8) is 0 Å². The zero-order valence-electron chi connectivity index (χ0n) is 11.6. The number of carbonyl (C=O) groups is 1. The van der Waals surface area contributed by atoms with E-state index in [-0.39, 0.29) is 5.75 Å². The van der Waals surface area contributed by atoms with Crippen molar-refractivity contribution in [1.82, 2.24) is 10.4 Å². The summed E-state index contributed by atoms with van der Waals surface area (Å²) in [4.78, 5) is 13.9. The second-order valence-corrected chi connectivity index (χ2v) is 5.89. The number of benzene rings is 1. The maximum atomic E-state index is 10.5. The molecule has 0 saturated carbocycles. The zero-order valence-corrected chi connectivity index (χ0v) is 12.5. The average molecular weight is 305 g/mol. The molecule has 7 heteroatoms. The van der Waals surface area contributed by atoms with Crippen LogP contribution in [0.15, 0.2) is 23.3 Å². The minimum atomic E-state index is -0.876. The van der Waals surface area contributed by atoms with Crippen molar-refractivity contribution in [3.8, 4) is 0 Å². The van der Waals surface area contributed by atoms with Crippen molar-refractivity contribution < 1.29 is 14.6 Å². The predicted octanol–water partition coefficient (Wildman–Crippen LogP) is 2.17. The first kappa shape index (κ1) is 13.8. The van der Waals surface area contributed by atoms with Gasteiger partial charge in [0.1, 0.15) is 0 Å². The number of nitrogens with one attached hydrogen (secondary N) is 2. The monoisotopic (exact) mass is 305 g/mol. The number of aromatic amines is 1. The Bertz CT molecular complexity index is 738. The number of fused-ring (bicyclic) bond motifs is 1. The topological polar surface area (TPSA) is 86.7 Å². The molecule has 110 valence electrons. The number of rotatable bonds is 4. The van der Waals surface area contributed by atoms with Gasteiger partial charge in [0.2, 0.25) is 11.5 Å². The highest BCUT2D eigenvalue weighted by Gasteiger charge is 2.22. The van der Waals surface area contributed by atoms with Crippen molar-refractivity contribution in [3.05, 3.63) is 35.0 Å². The molecule has 2 aromatic rings. The first-order chi connectivity index (χ1) is 10.0. The van der Waals surface area contributed by atoms with Crippen molar-refractivity contribution in [2.75, 3.05) is 5.75 Å². The molecular weight excluding hydrogens is 290 g/mol. The van der Waals surface area contributed by atoms with Gasteiger partial charge < -0.3 is 14.8 Å². The van der Waals surface area contributed by atoms with Crippen LogP contribution in [-0.2, 0) is 9.53 Å². The summed E-state index contributed by atoms with van der Waals surface area (Å²) in [5.74, 6) is -0.424. The summed E-state index contributed by atoms with van der Waals surface area (Å²) in [5.41, 5.74) is 6.63. The van der Waals surface area contributed by atoms with Crippen LogP contribution in [0.4, 0.5) is 0 Å². The van der Waals surface area contributed by atoms with Crippen LogP contribution >= 0.6 is 11.8 Å². The smallest absolute Gasteiger partial charge is 0.313 e. The molecule has 0 aliphatic carbocycles. The van der Waals surface area contributed by atoms with E-state index < -0.39 is 11.5 Å². The largest absolute Gasteiger partial charge is 0.481 e. The van der Waals surface area contributed by atoms with Crippen LogP contribution in [0.1, 0.15) is 16.8 Å². The Morgan fingerprint density at radius 3 is 3.05 bits per heavy atom. The van der Waals surface area contributed by atoms with Gasteiger partial charge >= 0.3 is 5.97 Å². The first-order valence-corrected chi connectivity index (χ1v) is 7.52. The molecule has 1 atom stereocenters. The molecule has 2 heterocycles. The lowest BCUT2D eigenvalue weighted by Crippen LogP contribution is -2.19. The molecule has 0 fully saturated rings. The second-order valence-electron chi connectivity index (χ2n) is 4.84. The normalized spacial score (nSPS) is 17.4. The molecule has 21 heavy (non-hydrogen) atoms. The number of hydrogen-bond acceptors (Lipinski definition) is 5. The lowest BCUT2D eigenvalue weighted by Gasteiger charge is -2.09. The second kappa shape index (κ2) is 5.33. The molecule has 1 aliphatic rings. The Hall–Kier alpha value is -2.15. The van der Waals surface area contributed by atoms with E-state index in [1.54, 1.807) is 0 Å². The van der Waals surface area contributed by atoms with Gasteiger partial charge in [-0.2, -0.15) is 0 Å². The molecule has 0 spiro atoms. The van der Waals surface area contributed by atoms with Gasteiger partial charge in [0.05, 0.1) is 5.75 Å². The van der Waals surface area contributed by atoms with Crippen LogP contribution in [0, 0.1) is 13.8 Å². The van der Waals surface area contributed by atoms with Gasteiger partial charge in [0.25, 0.3) is 0 Å². The summed E-state index contributed by atoms with van der Waals surface area (Å²) in [5, 5.41) is 13.9. The minimum Gasteiger partial charge on any atom is -0.481 e. The van der Waals surface area contributed by atoms with E-state index in [9.17, 15) is 4.79 Å². The van der Waals surface area contributed by atoms with E-state index in [4.69, 9.17) is 9.84 Å². The van der Waals surface area contributed by atoms with E-state index in [1.165, 1.54) is 5.56 Å². The number of carboxylic acids is 1. The molecule has 6 nitrogen and oxygen atoms in total. The quantitative estimate of drug-likeness (QED) is 0.806. The number of aromatic nitrogens is 1. The number of aliphatic carboxylic acids is 1. The van der Waals surface area contributed by atoms with E-state index in [0.29, 0.717) is 5.90 Å². The Kier molecular flexibility index (Phi) is 3.50. The summed E-state index contributed by atoms with van der Waals surface area (Å²) < 4.78 is 5.62. The molecule has 1 aromatic heterocycles. The summed E-state index contributed by atoms with van der Waals surface area (Å²) >= 11 is 1.15. The van der Waals surface area contributed by atoms with Gasteiger partial charge in [-0.25, -0.2) is 0 Å². The average Bonchev–Trinajstić information content (AvgIpc) is 3.03. The lowest BCUT2D eigenvalue weighted by atomic mass is 10.1. The molecule has 1 unspecified atom stereocenters. The fourth-order valence-electron chi connectivity index (χ4n) is 2.21. The van der Waals surface area contributed by atoms with E-state index in [1.807, 2.05) is 25.1 Å². The van der Waals surface area contributed by atoms with Crippen LogP contribution in [0.25, 0.3) is 10.9 Å². The fourth-order valence-corrected chi connectivity index (χ4v) is 2.79. The Balaban J connectivity index is 1.79. The molecule has 0 saturated heterocycles. The number of aryl methyl sites for hydroxylation is 2. The highest BCUT2D eigenvalue weighted by atomic mass is 32.2. The molecule has 0 bridgehead atoms. The lowest BCUT2D eigenvalue weighted by molar-refractivity contribution is -0.133. The van der Waals surface area contributed by atoms with Gasteiger partial charge in [-0.1, -0.05) is 11.8 Å². The van der Waals surface area contributed by atoms with Crippen LogP contribution in [0.2, 0.25) is 0 Å². The molecular formula is C14H15N3O3S. The Morgan fingerprint density at radius 2 is 2.29 bits per heavy atom. The fraction of sp³-hybridized carbons (Fsp3) is 0.286. The van der Waals surface area contributed by atoms with Crippen molar-refractivity contribution >= 4 is 34.5 Å². The van der Waals surface area contributed by atoms with Crippen LogP contribution in [0.5, 0.6) is 0 Å². The number of nitrogens with zero attached hydrogens (tertiary/aromatic N) is 1. The van der Waals surface area contributed by atoms with Crippen LogP contribution in [-0.4, -0.2) is 33.3 Å². The number of thioether (sulfide) groups is 1. The summed E-state index contributed by atoms with van der Waals surface area (Å²) in [6.45, 7) is 4.11. The van der Waals surface area contributed by atoms with Gasteiger partial charge in [0, 0.05) is 22.2 Å². The first-order valence-electron chi connectivity index (χ1n) is 6.47. The molecule has 3 N–H and O–H groups in total. The molecule has 0 radical (unpaired) electrons. The Morgan fingerprint density at radius 1 is 1.48 bits per heavy atom. The third-order valence-corrected chi connectivity index (χ3v) is 4.32. The molecule has 1 aliphatic heterocycles. The predicted molar refractivity (Wildman–Crippen MR) is 82.4 cm³/mol. The third-order valence-electron chi connectivity index (χ3n) is 3.40.